The normalized spacial score (nSPS) is 11.6. The summed E-state index contributed by atoms with van der Waals surface area (Å²) in [5.74, 6) is -0.292. The first-order valence-electron chi connectivity index (χ1n) is 8.52. The molecule has 3 rings (SSSR count). The Labute approximate surface area is 163 Å². The van der Waals surface area contributed by atoms with E-state index in [4.69, 9.17) is 0 Å². The van der Waals surface area contributed by atoms with Crippen molar-refractivity contribution in [2.24, 2.45) is 7.05 Å². The molecule has 0 radical (unpaired) electrons. The van der Waals surface area contributed by atoms with E-state index in [-0.39, 0.29) is 10.8 Å². The minimum Gasteiger partial charge on any atom is -0.348 e. The predicted molar refractivity (Wildman–Crippen MR) is 105 cm³/mol. The number of amides is 1. The number of carbonyl (C=O) groups is 1. The first-order chi connectivity index (χ1) is 13.3. The molecule has 0 fully saturated rings. The first kappa shape index (κ1) is 19.7. The first-order valence-corrected chi connectivity index (χ1v) is 9.96. The Balaban J connectivity index is 1.69. The van der Waals surface area contributed by atoms with E-state index in [1.165, 1.54) is 38.4 Å². The highest BCUT2D eigenvalue weighted by atomic mass is 32.2. The third-order valence-electron chi connectivity index (χ3n) is 4.26. The van der Waals surface area contributed by atoms with Crippen LogP contribution < -0.4 is 5.32 Å². The highest BCUT2D eigenvalue weighted by Gasteiger charge is 2.17. The average molecular weight is 399 g/mol. The van der Waals surface area contributed by atoms with Crippen molar-refractivity contribution >= 4 is 15.9 Å². The molecule has 146 valence electrons. The predicted octanol–water partition coefficient (Wildman–Crippen LogP) is 1.66. The monoisotopic (exact) mass is 399 g/mol. The zero-order valence-corrected chi connectivity index (χ0v) is 16.6. The molecular weight excluding hydrogens is 378 g/mol. The molecule has 0 bridgehead atoms. The number of nitrogens with zero attached hydrogens (tertiary/aromatic N) is 4. The SMILES string of the molecule is CN(C)S(=O)(=O)c1ccc(C(=O)NCc2cncc(-c3ccnn3C)c2)cc1. The Morgan fingerprint density at radius 3 is 2.46 bits per heavy atom. The number of hydrogen-bond donors (Lipinski definition) is 1. The van der Waals surface area contributed by atoms with Crippen LogP contribution in [0.2, 0.25) is 0 Å². The largest absolute Gasteiger partial charge is 0.348 e. The molecule has 28 heavy (non-hydrogen) atoms. The van der Waals surface area contributed by atoms with Crippen LogP contribution in [-0.2, 0) is 23.6 Å². The Morgan fingerprint density at radius 2 is 1.86 bits per heavy atom. The molecule has 0 spiro atoms. The summed E-state index contributed by atoms with van der Waals surface area (Å²) in [4.78, 5) is 16.7. The van der Waals surface area contributed by atoms with Crippen molar-refractivity contribution in [2.75, 3.05) is 14.1 Å². The van der Waals surface area contributed by atoms with Crippen molar-refractivity contribution in [2.45, 2.75) is 11.4 Å². The number of aromatic nitrogens is 3. The number of pyridine rings is 1. The van der Waals surface area contributed by atoms with Crippen LogP contribution in [-0.4, -0.2) is 47.5 Å². The molecule has 1 amide bonds. The van der Waals surface area contributed by atoms with Gasteiger partial charge in [-0.1, -0.05) is 0 Å². The molecule has 1 N–H and O–H groups in total. The summed E-state index contributed by atoms with van der Waals surface area (Å²) in [6.45, 7) is 0.301. The van der Waals surface area contributed by atoms with Crippen LogP contribution in [0, 0.1) is 0 Å². The van der Waals surface area contributed by atoms with Gasteiger partial charge in [0.2, 0.25) is 10.0 Å². The molecule has 0 atom stereocenters. The number of nitrogens with one attached hydrogen (secondary N) is 1. The second-order valence-corrected chi connectivity index (χ2v) is 8.57. The zero-order chi connectivity index (χ0) is 20.3. The minimum atomic E-state index is -3.52. The van der Waals surface area contributed by atoms with Gasteiger partial charge in [-0.2, -0.15) is 5.10 Å². The quantitative estimate of drug-likeness (QED) is 0.680. The van der Waals surface area contributed by atoms with E-state index < -0.39 is 10.0 Å². The van der Waals surface area contributed by atoms with Gasteiger partial charge in [0.05, 0.1) is 10.6 Å². The smallest absolute Gasteiger partial charge is 0.251 e. The van der Waals surface area contributed by atoms with Crippen molar-refractivity contribution in [3.05, 3.63) is 66.1 Å². The molecule has 0 saturated heterocycles. The molecule has 9 heteroatoms. The summed E-state index contributed by atoms with van der Waals surface area (Å²) in [7, 11) is 1.26. The molecule has 0 unspecified atom stereocenters. The second kappa shape index (κ2) is 7.91. The van der Waals surface area contributed by atoms with Gasteiger partial charge >= 0.3 is 0 Å². The van der Waals surface area contributed by atoms with Gasteiger partial charge in [-0.3, -0.25) is 14.5 Å². The summed E-state index contributed by atoms with van der Waals surface area (Å²) >= 11 is 0. The zero-order valence-electron chi connectivity index (χ0n) is 15.8. The van der Waals surface area contributed by atoms with Crippen molar-refractivity contribution < 1.29 is 13.2 Å². The molecular formula is C19H21N5O3S. The highest BCUT2D eigenvalue weighted by molar-refractivity contribution is 7.89. The highest BCUT2D eigenvalue weighted by Crippen LogP contribution is 2.18. The summed E-state index contributed by atoms with van der Waals surface area (Å²) in [5.41, 5.74) is 3.07. The van der Waals surface area contributed by atoms with Gasteiger partial charge in [0.15, 0.2) is 0 Å². The second-order valence-electron chi connectivity index (χ2n) is 6.42. The molecule has 0 aliphatic heterocycles. The van der Waals surface area contributed by atoms with E-state index in [2.05, 4.69) is 15.4 Å². The van der Waals surface area contributed by atoms with Crippen LogP contribution in [0.15, 0.2) is 59.9 Å². The van der Waals surface area contributed by atoms with Gasteiger partial charge in [0.25, 0.3) is 5.91 Å². The Morgan fingerprint density at radius 1 is 1.14 bits per heavy atom. The van der Waals surface area contributed by atoms with Crippen LogP contribution in [0.1, 0.15) is 15.9 Å². The van der Waals surface area contributed by atoms with Gasteiger partial charge in [-0.25, -0.2) is 12.7 Å². The minimum absolute atomic E-state index is 0.141. The van der Waals surface area contributed by atoms with E-state index >= 15 is 0 Å². The fourth-order valence-corrected chi connectivity index (χ4v) is 3.56. The molecule has 0 aliphatic rings. The topological polar surface area (TPSA) is 97.2 Å². The van der Waals surface area contributed by atoms with E-state index in [0.29, 0.717) is 12.1 Å². The molecule has 3 aromatic rings. The van der Waals surface area contributed by atoms with Crippen LogP contribution in [0.3, 0.4) is 0 Å². The van der Waals surface area contributed by atoms with Crippen LogP contribution in [0.25, 0.3) is 11.3 Å². The van der Waals surface area contributed by atoms with Gasteiger partial charge in [-0.15, -0.1) is 0 Å². The number of benzene rings is 1. The van der Waals surface area contributed by atoms with Crippen molar-refractivity contribution in [3.63, 3.8) is 0 Å². The van der Waals surface area contributed by atoms with Crippen molar-refractivity contribution in [1.82, 2.24) is 24.4 Å². The van der Waals surface area contributed by atoms with Gasteiger partial charge in [0.1, 0.15) is 0 Å². The van der Waals surface area contributed by atoms with Crippen molar-refractivity contribution in [1.29, 1.82) is 0 Å². The van der Waals surface area contributed by atoms with Crippen LogP contribution in [0.4, 0.5) is 0 Å². The van der Waals surface area contributed by atoms with E-state index in [0.717, 1.165) is 21.1 Å². The van der Waals surface area contributed by atoms with E-state index in [1.54, 1.807) is 23.3 Å². The number of sulfonamides is 1. The summed E-state index contributed by atoms with van der Waals surface area (Å²) in [5, 5.41) is 6.97. The summed E-state index contributed by atoms with van der Waals surface area (Å²) in [6, 6.07) is 9.68. The lowest BCUT2D eigenvalue weighted by atomic mass is 10.1. The maximum Gasteiger partial charge on any atom is 0.251 e. The summed E-state index contributed by atoms with van der Waals surface area (Å²) in [6.07, 6.45) is 5.14. The number of hydrogen-bond acceptors (Lipinski definition) is 5. The van der Waals surface area contributed by atoms with Crippen LogP contribution >= 0.6 is 0 Å². The summed E-state index contributed by atoms with van der Waals surface area (Å²) < 4.78 is 27.1. The Hall–Kier alpha value is -3.04. The van der Waals surface area contributed by atoms with E-state index in [1.807, 2.05) is 19.2 Å². The lowest BCUT2D eigenvalue weighted by Crippen LogP contribution is -2.24. The fourth-order valence-electron chi connectivity index (χ4n) is 2.65. The average Bonchev–Trinajstić information content (AvgIpc) is 3.12. The van der Waals surface area contributed by atoms with Gasteiger partial charge < -0.3 is 5.32 Å². The van der Waals surface area contributed by atoms with Gasteiger partial charge in [0, 0.05) is 57.4 Å². The number of carbonyl (C=O) groups excluding carboxylic acids is 1. The lowest BCUT2D eigenvalue weighted by Gasteiger charge is -2.12. The molecule has 2 heterocycles. The third kappa shape index (κ3) is 4.10. The molecule has 1 aromatic carbocycles. The molecule has 8 nitrogen and oxygen atoms in total. The Bertz CT molecular complexity index is 1090. The number of rotatable bonds is 6. The number of aryl methyl sites for hydroxylation is 1. The van der Waals surface area contributed by atoms with Crippen LogP contribution in [0.5, 0.6) is 0 Å². The van der Waals surface area contributed by atoms with Crippen molar-refractivity contribution in [3.8, 4) is 11.3 Å². The third-order valence-corrected chi connectivity index (χ3v) is 6.09. The fraction of sp³-hybridized carbons (Fsp3) is 0.211. The Kier molecular flexibility index (Phi) is 5.57. The molecule has 0 saturated carbocycles. The standard InChI is InChI=1S/C19H21N5O3S/c1-23(2)28(26,27)17-6-4-15(5-7-17)19(25)21-12-14-10-16(13-20-11-14)18-8-9-22-24(18)3/h4-11,13H,12H2,1-3H3,(H,21,25). The lowest BCUT2D eigenvalue weighted by molar-refractivity contribution is 0.0951. The molecule has 0 aliphatic carbocycles. The molecule has 2 aromatic heterocycles. The maximum atomic E-state index is 12.4. The van der Waals surface area contributed by atoms with Gasteiger partial charge in [-0.05, 0) is 42.0 Å². The van der Waals surface area contributed by atoms with E-state index in [9.17, 15) is 13.2 Å². The maximum absolute atomic E-state index is 12.4.